The molecule has 1 saturated heterocycles. The molecule has 1 aromatic carbocycles. The van der Waals surface area contributed by atoms with E-state index in [4.69, 9.17) is 0 Å². The zero-order valence-corrected chi connectivity index (χ0v) is 12.4. The summed E-state index contributed by atoms with van der Waals surface area (Å²) in [6, 6.07) is 7.12. The minimum atomic E-state index is -0.742. The van der Waals surface area contributed by atoms with Crippen LogP contribution in [0.3, 0.4) is 0 Å². The molecule has 0 bridgehead atoms. The number of anilines is 1. The minimum absolute atomic E-state index is 0.194. The predicted octanol–water partition coefficient (Wildman–Crippen LogP) is 2.36. The van der Waals surface area contributed by atoms with Gasteiger partial charge >= 0.3 is 0 Å². The Hall–Kier alpha value is -2.41. The molecule has 0 saturated carbocycles. The van der Waals surface area contributed by atoms with E-state index in [9.17, 15) is 13.6 Å². The number of hydrogen-bond acceptors (Lipinski definition) is 4. The van der Waals surface area contributed by atoms with E-state index in [0.717, 1.165) is 37.2 Å². The summed E-state index contributed by atoms with van der Waals surface area (Å²) in [5.74, 6) is -1.77. The monoisotopic (exact) mass is 318 g/mol. The van der Waals surface area contributed by atoms with E-state index in [1.807, 2.05) is 0 Å². The molecular weight excluding hydrogens is 302 g/mol. The SMILES string of the molecule is O=C(Cc1c(F)cccc1F)Nc1ccc(C2CCCN2)nn1. The lowest BCUT2D eigenvalue weighted by Gasteiger charge is -2.09. The van der Waals surface area contributed by atoms with Gasteiger partial charge in [0.05, 0.1) is 18.2 Å². The average molecular weight is 318 g/mol. The fourth-order valence-electron chi connectivity index (χ4n) is 2.58. The van der Waals surface area contributed by atoms with Gasteiger partial charge in [-0.25, -0.2) is 8.78 Å². The van der Waals surface area contributed by atoms with Crippen molar-refractivity contribution in [1.29, 1.82) is 0 Å². The van der Waals surface area contributed by atoms with Crippen molar-refractivity contribution in [2.45, 2.75) is 25.3 Å². The number of hydrogen-bond donors (Lipinski definition) is 2. The average Bonchev–Trinajstić information content (AvgIpc) is 3.06. The summed E-state index contributed by atoms with van der Waals surface area (Å²) in [5, 5.41) is 13.8. The normalized spacial score (nSPS) is 17.2. The van der Waals surface area contributed by atoms with Gasteiger partial charge in [-0.2, -0.15) is 5.10 Å². The largest absolute Gasteiger partial charge is 0.309 e. The molecule has 2 aromatic rings. The minimum Gasteiger partial charge on any atom is -0.309 e. The zero-order valence-electron chi connectivity index (χ0n) is 12.4. The summed E-state index contributed by atoms with van der Waals surface area (Å²) in [6.45, 7) is 0.957. The Balaban J connectivity index is 1.63. The van der Waals surface area contributed by atoms with E-state index >= 15 is 0 Å². The summed E-state index contributed by atoms with van der Waals surface area (Å²) < 4.78 is 27.0. The molecule has 1 aromatic heterocycles. The zero-order chi connectivity index (χ0) is 16.2. The fourth-order valence-corrected chi connectivity index (χ4v) is 2.58. The Kier molecular flexibility index (Phi) is 4.57. The second-order valence-corrected chi connectivity index (χ2v) is 5.42. The lowest BCUT2D eigenvalue weighted by atomic mass is 10.1. The second kappa shape index (κ2) is 6.78. The molecule has 1 unspecified atom stereocenters. The lowest BCUT2D eigenvalue weighted by Crippen LogP contribution is -2.18. The number of benzene rings is 1. The van der Waals surface area contributed by atoms with Crippen LogP contribution in [-0.2, 0) is 11.2 Å². The molecule has 0 radical (unpaired) electrons. The lowest BCUT2D eigenvalue weighted by molar-refractivity contribution is -0.115. The van der Waals surface area contributed by atoms with Gasteiger partial charge in [-0.1, -0.05) is 6.07 Å². The molecule has 1 fully saturated rings. The van der Waals surface area contributed by atoms with Crippen LogP contribution in [0.4, 0.5) is 14.6 Å². The Morgan fingerprint density at radius 2 is 2.00 bits per heavy atom. The third kappa shape index (κ3) is 3.68. The van der Waals surface area contributed by atoms with E-state index in [0.29, 0.717) is 0 Å². The van der Waals surface area contributed by atoms with Crippen LogP contribution >= 0.6 is 0 Å². The van der Waals surface area contributed by atoms with E-state index in [1.54, 1.807) is 12.1 Å². The van der Waals surface area contributed by atoms with Crippen LogP contribution in [0.15, 0.2) is 30.3 Å². The number of halogens is 2. The molecule has 3 rings (SSSR count). The Morgan fingerprint density at radius 3 is 2.61 bits per heavy atom. The highest BCUT2D eigenvalue weighted by atomic mass is 19.1. The highest BCUT2D eigenvalue weighted by molar-refractivity contribution is 5.91. The van der Waals surface area contributed by atoms with Crippen LogP contribution in [0.5, 0.6) is 0 Å². The predicted molar refractivity (Wildman–Crippen MR) is 80.7 cm³/mol. The Bertz CT molecular complexity index is 679. The number of nitrogens with one attached hydrogen (secondary N) is 2. The maximum absolute atomic E-state index is 13.5. The summed E-state index contributed by atoms with van der Waals surface area (Å²) in [6.07, 6.45) is 1.71. The molecule has 120 valence electrons. The van der Waals surface area contributed by atoms with Crippen LogP contribution in [-0.4, -0.2) is 22.6 Å². The summed E-state index contributed by atoms with van der Waals surface area (Å²) >= 11 is 0. The standard InChI is InChI=1S/C16H16F2N4O/c17-11-3-1-4-12(18)10(11)9-16(23)20-15-7-6-14(21-22-15)13-5-2-8-19-13/h1,3-4,6-7,13,19H,2,5,8-9H2,(H,20,22,23). The molecule has 1 aliphatic rings. The molecule has 0 aliphatic carbocycles. The molecule has 1 amide bonds. The number of carbonyl (C=O) groups is 1. The van der Waals surface area contributed by atoms with Crippen molar-refractivity contribution in [3.05, 3.63) is 53.2 Å². The van der Waals surface area contributed by atoms with Gasteiger partial charge in [-0.15, -0.1) is 5.10 Å². The number of rotatable bonds is 4. The topological polar surface area (TPSA) is 66.9 Å². The summed E-state index contributed by atoms with van der Waals surface area (Å²) in [7, 11) is 0. The van der Waals surface area contributed by atoms with Crippen molar-refractivity contribution in [3.63, 3.8) is 0 Å². The molecule has 5 nitrogen and oxygen atoms in total. The van der Waals surface area contributed by atoms with Crippen LogP contribution in [0, 0.1) is 11.6 Å². The number of carbonyl (C=O) groups excluding carboxylic acids is 1. The van der Waals surface area contributed by atoms with Gasteiger partial charge in [-0.3, -0.25) is 4.79 Å². The molecular formula is C16H16F2N4O. The first-order valence-corrected chi connectivity index (χ1v) is 7.43. The van der Waals surface area contributed by atoms with Crippen molar-refractivity contribution >= 4 is 11.7 Å². The van der Waals surface area contributed by atoms with Gasteiger partial charge < -0.3 is 10.6 Å². The van der Waals surface area contributed by atoms with Gasteiger partial charge in [0.2, 0.25) is 5.91 Å². The maximum atomic E-state index is 13.5. The molecule has 7 heteroatoms. The van der Waals surface area contributed by atoms with Crippen molar-refractivity contribution in [1.82, 2.24) is 15.5 Å². The van der Waals surface area contributed by atoms with Gasteiger partial charge in [-0.05, 0) is 43.7 Å². The first-order valence-electron chi connectivity index (χ1n) is 7.43. The highest BCUT2D eigenvalue weighted by Gasteiger charge is 2.18. The van der Waals surface area contributed by atoms with Crippen LogP contribution < -0.4 is 10.6 Å². The van der Waals surface area contributed by atoms with Gasteiger partial charge in [0.25, 0.3) is 0 Å². The van der Waals surface area contributed by atoms with Crippen molar-refractivity contribution in [3.8, 4) is 0 Å². The third-order valence-corrected chi connectivity index (χ3v) is 3.77. The first-order chi connectivity index (χ1) is 11.1. The van der Waals surface area contributed by atoms with Crippen molar-refractivity contribution in [2.24, 2.45) is 0 Å². The van der Waals surface area contributed by atoms with E-state index in [-0.39, 0.29) is 17.4 Å². The van der Waals surface area contributed by atoms with Gasteiger partial charge in [0.15, 0.2) is 5.82 Å². The molecule has 23 heavy (non-hydrogen) atoms. The molecule has 1 atom stereocenters. The smallest absolute Gasteiger partial charge is 0.230 e. The molecule has 2 heterocycles. The van der Waals surface area contributed by atoms with E-state index in [2.05, 4.69) is 20.8 Å². The van der Waals surface area contributed by atoms with Gasteiger partial charge in [0, 0.05) is 5.56 Å². The molecule has 2 N–H and O–H groups in total. The van der Waals surface area contributed by atoms with Gasteiger partial charge in [0.1, 0.15) is 11.6 Å². The van der Waals surface area contributed by atoms with Crippen LogP contribution in [0.2, 0.25) is 0 Å². The maximum Gasteiger partial charge on any atom is 0.230 e. The fraction of sp³-hybridized carbons (Fsp3) is 0.312. The van der Waals surface area contributed by atoms with Crippen molar-refractivity contribution < 1.29 is 13.6 Å². The third-order valence-electron chi connectivity index (χ3n) is 3.77. The first kappa shape index (κ1) is 15.5. The van der Waals surface area contributed by atoms with E-state index < -0.39 is 24.0 Å². The molecule has 0 spiro atoms. The Morgan fingerprint density at radius 1 is 1.22 bits per heavy atom. The number of nitrogens with zero attached hydrogens (tertiary/aromatic N) is 2. The van der Waals surface area contributed by atoms with Crippen LogP contribution in [0.25, 0.3) is 0 Å². The second-order valence-electron chi connectivity index (χ2n) is 5.42. The number of aromatic nitrogens is 2. The van der Waals surface area contributed by atoms with Crippen molar-refractivity contribution in [2.75, 3.05) is 11.9 Å². The Labute approximate surface area is 132 Å². The quantitative estimate of drug-likeness (QED) is 0.908. The van der Waals surface area contributed by atoms with Crippen LogP contribution in [0.1, 0.15) is 30.1 Å². The van der Waals surface area contributed by atoms with E-state index in [1.165, 1.54) is 6.07 Å². The molecule has 1 aliphatic heterocycles. The number of amides is 1. The summed E-state index contributed by atoms with van der Waals surface area (Å²) in [5.41, 5.74) is 0.561. The highest BCUT2D eigenvalue weighted by Crippen LogP contribution is 2.21. The summed E-state index contributed by atoms with van der Waals surface area (Å²) in [4.78, 5) is 11.9.